The van der Waals surface area contributed by atoms with Gasteiger partial charge in [-0.25, -0.2) is 0 Å². The van der Waals surface area contributed by atoms with E-state index >= 15 is 0 Å². The Bertz CT molecular complexity index is 343. The third-order valence-corrected chi connectivity index (χ3v) is 2.93. The number of phenols is 1. The fraction of sp³-hybridized carbons (Fsp3) is 0.400. The summed E-state index contributed by atoms with van der Waals surface area (Å²) in [5.41, 5.74) is 7.82. The third-order valence-electron chi connectivity index (χ3n) is 2.58. The van der Waals surface area contributed by atoms with Gasteiger partial charge in [-0.3, -0.25) is 0 Å². The predicted octanol–water partition coefficient (Wildman–Crippen LogP) is 2.44. The molecule has 0 saturated heterocycles. The highest BCUT2D eigenvalue weighted by Gasteiger charge is 2.20. The first-order chi connectivity index (χ1) is 6.18. The van der Waals surface area contributed by atoms with E-state index in [-0.39, 0.29) is 23.0 Å². The lowest BCUT2D eigenvalue weighted by Gasteiger charge is -2.22. The summed E-state index contributed by atoms with van der Waals surface area (Å²) in [4.78, 5) is 0. The second-order valence-corrected chi connectivity index (χ2v) is 3.93. The van der Waals surface area contributed by atoms with Gasteiger partial charge in [0, 0.05) is 16.6 Å². The molecule has 14 heavy (non-hydrogen) atoms. The van der Waals surface area contributed by atoms with E-state index in [1.54, 1.807) is 12.1 Å². The molecule has 1 unspecified atom stereocenters. The number of hydrogen-bond donors (Lipinski definition) is 2. The van der Waals surface area contributed by atoms with Crippen LogP contribution in [0.25, 0.3) is 0 Å². The summed E-state index contributed by atoms with van der Waals surface area (Å²) in [6.07, 6.45) is 2.57. The number of hydrogen-bond acceptors (Lipinski definition) is 2. The van der Waals surface area contributed by atoms with E-state index < -0.39 is 0 Å². The summed E-state index contributed by atoms with van der Waals surface area (Å²) in [5, 5.41) is 10.3. The summed E-state index contributed by atoms with van der Waals surface area (Å²) in [6.45, 7) is 0. The molecule has 78 valence electrons. The standard InChI is InChI=1S/C10H12ClNO.BrH/c11-9-3-4-10(13)8-5-6(12)1-2-7(8)9;/h3-4,6,13H,1-2,5,12H2;1H. The molecular formula is C10H13BrClNO. The molecule has 1 aromatic rings. The fourth-order valence-electron chi connectivity index (χ4n) is 1.84. The van der Waals surface area contributed by atoms with Crippen LogP contribution in [0.5, 0.6) is 5.75 Å². The van der Waals surface area contributed by atoms with Crippen LogP contribution < -0.4 is 5.73 Å². The molecule has 1 aliphatic carbocycles. The lowest BCUT2D eigenvalue weighted by atomic mass is 9.88. The largest absolute Gasteiger partial charge is 0.508 e. The molecule has 1 aromatic carbocycles. The number of halogens is 2. The molecule has 0 aromatic heterocycles. The van der Waals surface area contributed by atoms with Gasteiger partial charge in [-0.15, -0.1) is 17.0 Å². The summed E-state index contributed by atoms with van der Waals surface area (Å²) in [6, 6.07) is 3.54. The maximum Gasteiger partial charge on any atom is 0.119 e. The van der Waals surface area contributed by atoms with Crippen LogP contribution in [-0.2, 0) is 12.8 Å². The van der Waals surface area contributed by atoms with Crippen molar-refractivity contribution in [2.24, 2.45) is 5.73 Å². The van der Waals surface area contributed by atoms with Gasteiger partial charge in [0.25, 0.3) is 0 Å². The Morgan fingerprint density at radius 3 is 2.79 bits per heavy atom. The highest BCUT2D eigenvalue weighted by molar-refractivity contribution is 8.93. The number of nitrogens with two attached hydrogens (primary N) is 1. The fourth-order valence-corrected chi connectivity index (χ4v) is 2.12. The third kappa shape index (κ3) is 2.05. The SMILES string of the molecule is Br.NC1CCc2c(Cl)ccc(O)c2C1. The van der Waals surface area contributed by atoms with Crippen LogP contribution in [0.4, 0.5) is 0 Å². The monoisotopic (exact) mass is 277 g/mol. The number of benzene rings is 1. The molecule has 0 amide bonds. The molecule has 2 nitrogen and oxygen atoms in total. The minimum Gasteiger partial charge on any atom is -0.508 e. The molecule has 0 radical (unpaired) electrons. The van der Waals surface area contributed by atoms with Crippen molar-refractivity contribution in [1.82, 2.24) is 0 Å². The Kier molecular flexibility index (Phi) is 3.81. The molecule has 1 aliphatic rings. The lowest BCUT2D eigenvalue weighted by molar-refractivity contribution is 0.455. The zero-order chi connectivity index (χ0) is 9.42. The van der Waals surface area contributed by atoms with E-state index in [1.807, 2.05) is 0 Å². The summed E-state index contributed by atoms with van der Waals surface area (Å²) in [7, 11) is 0. The van der Waals surface area contributed by atoms with Crippen molar-refractivity contribution in [3.63, 3.8) is 0 Å². The van der Waals surface area contributed by atoms with Crippen LogP contribution in [0.2, 0.25) is 5.02 Å². The van der Waals surface area contributed by atoms with Crippen LogP contribution in [0.3, 0.4) is 0 Å². The smallest absolute Gasteiger partial charge is 0.119 e. The average molecular weight is 279 g/mol. The molecule has 3 N–H and O–H groups in total. The van der Waals surface area contributed by atoms with Gasteiger partial charge in [-0.2, -0.15) is 0 Å². The van der Waals surface area contributed by atoms with Crippen LogP contribution in [0, 0.1) is 0 Å². The summed E-state index contributed by atoms with van der Waals surface area (Å²) in [5.74, 6) is 0.328. The van der Waals surface area contributed by atoms with Crippen molar-refractivity contribution in [1.29, 1.82) is 0 Å². The van der Waals surface area contributed by atoms with Gasteiger partial charge in [0.05, 0.1) is 0 Å². The molecule has 2 rings (SSSR count). The number of rotatable bonds is 0. The second kappa shape index (κ2) is 4.51. The molecule has 4 heteroatoms. The first-order valence-corrected chi connectivity index (χ1v) is 4.81. The molecule has 0 fully saturated rings. The zero-order valence-electron chi connectivity index (χ0n) is 7.66. The highest BCUT2D eigenvalue weighted by Crippen LogP contribution is 2.33. The van der Waals surface area contributed by atoms with E-state index in [1.165, 1.54) is 0 Å². The van der Waals surface area contributed by atoms with E-state index in [0.29, 0.717) is 5.75 Å². The second-order valence-electron chi connectivity index (χ2n) is 3.53. The number of phenolic OH excluding ortho intramolecular Hbond substituents is 1. The molecule has 0 spiro atoms. The Labute approximate surface area is 98.8 Å². The van der Waals surface area contributed by atoms with Gasteiger partial charge >= 0.3 is 0 Å². The Hall–Kier alpha value is -0.250. The van der Waals surface area contributed by atoms with Crippen molar-refractivity contribution >= 4 is 28.6 Å². The van der Waals surface area contributed by atoms with Crippen molar-refractivity contribution in [3.8, 4) is 5.75 Å². The number of fused-ring (bicyclic) bond motifs is 1. The normalized spacial score (nSPS) is 19.7. The minimum atomic E-state index is 0. The van der Waals surface area contributed by atoms with Gasteiger partial charge in [0.2, 0.25) is 0 Å². The minimum absolute atomic E-state index is 0. The summed E-state index contributed by atoms with van der Waals surface area (Å²) < 4.78 is 0. The van der Waals surface area contributed by atoms with Crippen LogP contribution in [0.1, 0.15) is 17.5 Å². The van der Waals surface area contributed by atoms with Crippen molar-refractivity contribution < 1.29 is 5.11 Å². The van der Waals surface area contributed by atoms with Gasteiger partial charge in [0.1, 0.15) is 5.75 Å². The van der Waals surface area contributed by atoms with Crippen molar-refractivity contribution in [2.75, 3.05) is 0 Å². The van der Waals surface area contributed by atoms with Gasteiger partial charge in [-0.1, -0.05) is 11.6 Å². The van der Waals surface area contributed by atoms with Crippen LogP contribution in [0.15, 0.2) is 12.1 Å². The van der Waals surface area contributed by atoms with E-state index in [9.17, 15) is 5.11 Å². The molecule has 0 heterocycles. The van der Waals surface area contributed by atoms with Crippen LogP contribution in [-0.4, -0.2) is 11.1 Å². The quantitative estimate of drug-likeness (QED) is 0.766. The van der Waals surface area contributed by atoms with Crippen LogP contribution >= 0.6 is 28.6 Å². The average Bonchev–Trinajstić information content (AvgIpc) is 2.12. The Morgan fingerprint density at radius 2 is 2.07 bits per heavy atom. The molecule has 0 aliphatic heterocycles. The predicted molar refractivity (Wildman–Crippen MR) is 63.4 cm³/mol. The van der Waals surface area contributed by atoms with E-state index in [4.69, 9.17) is 17.3 Å². The topological polar surface area (TPSA) is 46.2 Å². The zero-order valence-corrected chi connectivity index (χ0v) is 10.1. The molecular weight excluding hydrogens is 265 g/mol. The van der Waals surface area contributed by atoms with Gasteiger partial charge in [-0.05, 0) is 37.0 Å². The van der Waals surface area contributed by atoms with Gasteiger partial charge < -0.3 is 10.8 Å². The first-order valence-electron chi connectivity index (χ1n) is 4.43. The lowest BCUT2D eigenvalue weighted by Crippen LogP contribution is -2.28. The Morgan fingerprint density at radius 1 is 1.36 bits per heavy atom. The molecule has 1 atom stereocenters. The first kappa shape index (κ1) is 11.8. The van der Waals surface area contributed by atoms with E-state index in [2.05, 4.69) is 0 Å². The maximum atomic E-state index is 9.58. The summed E-state index contributed by atoms with van der Waals surface area (Å²) >= 11 is 6.01. The number of aromatic hydroxyl groups is 1. The molecule has 0 bridgehead atoms. The molecule has 0 saturated carbocycles. The Balaban J connectivity index is 0.000000980. The van der Waals surface area contributed by atoms with E-state index in [0.717, 1.165) is 35.4 Å². The van der Waals surface area contributed by atoms with Crippen molar-refractivity contribution in [2.45, 2.75) is 25.3 Å². The van der Waals surface area contributed by atoms with Gasteiger partial charge in [0.15, 0.2) is 0 Å². The highest BCUT2D eigenvalue weighted by atomic mass is 79.9. The maximum absolute atomic E-state index is 9.58. The van der Waals surface area contributed by atoms with Crippen molar-refractivity contribution in [3.05, 3.63) is 28.3 Å².